The summed E-state index contributed by atoms with van der Waals surface area (Å²) in [4.78, 5) is 11.9. The van der Waals surface area contributed by atoms with Gasteiger partial charge in [0.2, 0.25) is 0 Å². The van der Waals surface area contributed by atoms with Crippen LogP contribution < -0.4 is 5.32 Å². The number of halogens is 2. The highest BCUT2D eigenvalue weighted by atomic mass is 79.9. The second-order valence-electron chi connectivity index (χ2n) is 4.90. The smallest absolute Gasteiger partial charge is 0.173 e. The average Bonchev–Trinajstić information content (AvgIpc) is 2.49. The summed E-state index contributed by atoms with van der Waals surface area (Å²) >= 11 is 6.65. The maximum atomic E-state index is 11.9. The number of carbonyl (C=O) groups is 1. The number of hydrogen-bond donors (Lipinski definition) is 1. The number of carbonyl (C=O) groups excluding carboxylic acids is 1. The lowest BCUT2D eigenvalue weighted by atomic mass is 9.99. The van der Waals surface area contributed by atoms with Crippen molar-refractivity contribution in [1.82, 2.24) is 0 Å². The third-order valence-corrected chi connectivity index (χ3v) is 4.10. The standard InChI is InChI=1S/C16H15Br2NO.C2H3N/c1-10-7-14(8-11(2)16(10)15(20)9-17)19-13-5-3-12(18)4-6-13;1-2-3/h3-8,19H,9H2,1-2H3;1H3. The number of hydrogen-bond acceptors (Lipinski definition) is 3. The first kappa shape index (κ1) is 19.4. The summed E-state index contributed by atoms with van der Waals surface area (Å²) in [6.07, 6.45) is 0. The fourth-order valence-electron chi connectivity index (χ4n) is 2.24. The number of ketones is 1. The minimum Gasteiger partial charge on any atom is -0.356 e. The average molecular weight is 438 g/mol. The van der Waals surface area contributed by atoms with Crippen LogP contribution >= 0.6 is 31.9 Å². The summed E-state index contributed by atoms with van der Waals surface area (Å²) < 4.78 is 1.05. The summed E-state index contributed by atoms with van der Waals surface area (Å²) in [6, 6.07) is 13.8. The second kappa shape index (κ2) is 9.49. The monoisotopic (exact) mass is 436 g/mol. The normalized spacial score (nSPS) is 9.39. The Hall–Kier alpha value is -1.64. The van der Waals surface area contributed by atoms with E-state index in [1.54, 1.807) is 6.07 Å². The van der Waals surface area contributed by atoms with Gasteiger partial charge < -0.3 is 5.32 Å². The van der Waals surface area contributed by atoms with E-state index in [1.807, 2.05) is 50.2 Å². The highest BCUT2D eigenvalue weighted by Gasteiger charge is 2.12. The number of nitriles is 1. The number of nitrogens with one attached hydrogen (secondary N) is 1. The van der Waals surface area contributed by atoms with Gasteiger partial charge in [0, 0.05) is 28.3 Å². The molecule has 0 saturated heterocycles. The zero-order chi connectivity index (χ0) is 17.4. The van der Waals surface area contributed by atoms with Crippen LogP contribution in [-0.2, 0) is 0 Å². The number of aryl methyl sites for hydroxylation is 2. The van der Waals surface area contributed by atoms with Crippen molar-refractivity contribution < 1.29 is 4.79 Å². The Morgan fingerprint density at radius 1 is 1.13 bits per heavy atom. The first-order valence-electron chi connectivity index (χ1n) is 6.96. The van der Waals surface area contributed by atoms with Crippen LogP contribution in [0.5, 0.6) is 0 Å². The molecular formula is C18H18Br2N2O. The molecule has 0 bridgehead atoms. The first-order valence-corrected chi connectivity index (χ1v) is 8.88. The van der Waals surface area contributed by atoms with Crippen molar-refractivity contribution in [3.05, 3.63) is 57.6 Å². The highest BCUT2D eigenvalue weighted by molar-refractivity contribution is 9.10. The van der Waals surface area contributed by atoms with E-state index in [1.165, 1.54) is 6.92 Å². The summed E-state index contributed by atoms with van der Waals surface area (Å²) in [7, 11) is 0. The Labute approximate surface area is 154 Å². The molecule has 120 valence electrons. The van der Waals surface area contributed by atoms with Gasteiger partial charge in [-0.05, 0) is 61.4 Å². The Bertz CT molecular complexity index is 696. The summed E-state index contributed by atoms with van der Waals surface area (Å²) in [5.41, 5.74) is 4.81. The molecule has 0 radical (unpaired) electrons. The lowest BCUT2D eigenvalue weighted by Gasteiger charge is -2.13. The van der Waals surface area contributed by atoms with Gasteiger partial charge in [0.15, 0.2) is 5.78 Å². The molecule has 2 aromatic rings. The molecule has 2 rings (SSSR count). The van der Waals surface area contributed by atoms with Crippen LogP contribution in [-0.4, -0.2) is 11.1 Å². The molecule has 23 heavy (non-hydrogen) atoms. The van der Waals surface area contributed by atoms with Gasteiger partial charge in [-0.3, -0.25) is 4.79 Å². The molecule has 0 aliphatic heterocycles. The van der Waals surface area contributed by atoms with Gasteiger partial charge in [-0.1, -0.05) is 31.9 Å². The Kier molecular flexibility index (Phi) is 8.01. The van der Waals surface area contributed by atoms with Crippen molar-refractivity contribution >= 4 is 49.0 Å². The topological polar surface area (TPSA) is 52.9 Å². The van der Waals surface area contributed by atoms with E-state index in [4.69, 9.17) is 5.26 Å². The number of rotatable bonds is 4. The molecule has 5 heteroatoms. The summed E-state index contributed by atoms with van der Waals surface area (Å²) in [5, 5.41) is 11.0. The zero-order valence-electron chi connectivity index (χ0n) is 13.3. The molecule has 0 aliphatic rings. The van der Waals surface area contributed by atoms with Crippen LogP contribution in [0.15, 0.2) is 40.9 Å². The quantitative estimate of drug-likeness (QED) is 0.477. The summed E-state index contributed by atoms with van der Waals surface area (Å²) in [6.45, 7) is 5.37. The van der Waals surface area contributed by atoms with E-state index in [0.29, 0.717) is 5.33 Å². The van der Waals surface area contributed by atoms with Crippen LogP contribution in [0.1, 0.15) is 28.4 Å². The maximum Gasteiger partial charge on any atom is 0.173 e. The number of Topliss-reactive ketones (excluding diaryl/α,β-unsaturated/α-hetero) is 1. The molecular weight excluding hydrogens is 420 g/mol. The van der Waals surface area contributed by atoms with Crippen LogP contribution in [0.2, 0.25) is 0 Å². The van der Waals surface area contributed by atoms with Gasteiger partial charge in [0.1, 0.15) is 0 Å². The molecule has 0 atom stereocenters. The predicted octanol–water partition coefficient (Wildman–Crippen LogP) is 5.92. The largest absolute Gasteiger partial charge is 0.356 e. The Morgan fingerprint density at radius 3 is 2.04 bits per heavy atom. The lowest BCUT2D eigenvalue weighted by Crippen LogP contribution is -2.06. The number of anilines is 2. The third-order valence-electron chi connectivity index (χ3n) is 3.07. The van der Waals surface area contributed by atoms with E-state index in [-0.39, 0.29) is 5.78 Å². The van der Waals surface area contributed by atoms with Crippen molar-refractivity contribution in [2.75, 3.05) is 10.6 Å². The van der Waals surface area contributed by atoms with E-state index in [0.717, 1.165) is 32.5 Å². The predicted molar refractivity (Wildman–Crippen MR) is 103 cm³/mol. The molecule has 0 amide bonds. The van der Waals surface area contributed by atoms with E-state index >= 15 is 0 Å². The van der Waals surface area contributed by atoms with Gasteiger partial charge in [0.05, 0.1) is 11.4 Å². The maximum absolute atomic E-state index is 11.9. The molecule has 0 aliphatic carbocycles. The fourth-order valence-corrected chi connectivity index (χ4v) is 2.79. The van der Waals surface area contributed by atoms with Gasteiger partial charge in [-0.15, -0.1) is 0 Å². The molecule has 0 heterocycles. The molecule has 0 spiro atoms. The van der Waals surface area contributed by atoms with Gasteiger partial charge >= 0.3 is 0 Å². The molecule has 2 aromatic carbocycles. The third kappa shape index (κ3) is 5.81. The first-order chi connectivity index (χ1) is 10.9. The molecule has 0 fully saturated rings. The summed E-state index contributed by atoms with van der Waals surface area (Å²) in [5.74, 6) is 0.121. The van der Waals surface area contributed by atoms with Gasteiger partial charge in [-0.25, -0.2) is 0 Å². The van der Waals surface area contributed by atoms with Crippen LogP contribution in [0.4, 0.5) is 11.4 Å². The molecule has 0 aromatic heterocycles. The van der Waals surface area contributed by atoms with Crippen LogP contribution in [0.25, 0.3) is 0 Å². The molecule has 3 nitrogen and oxygen atoms in total. The van der Waals surface area contributed by atoms with E-state index in [2.05, 4.69) is 37.2 Å². The van der Waals surface area contributed by atoms with Crippen molar-refractivity contribution in [2.45, 2.75) is 20.8 Å². The Balaban J connectivity index is 0.000000816. The Morgan fingerprint density at radius 2 is 1.61 bits per heavy atom. The SMILES string of the molecule is CC#N.Cc1cc(Nc2ccc(Br)cc2)cc(C)c1C(=O)CBr. The molecule has 0 unspecified atom stereocenters. The fraction of sp³-hybridized carbons (Fsp3) is 0.222. The van der Waals surface area contributed by atoms with E-state index in [9.17, 15) is 4.79 Å². The lowest BCUT2D eigenvalue weighted by molar-refractivity contribution is 0.102. The minimum absolute atomic E-state index is 0.121. The number of benzene rings is 2. The van der Waals surface area contributed by atoms with Crippen molar-refractivity contribution in [1.29, 1.82) is 5.26 Å². The van der Waals surface area contributed by atoms with Crippen molar-refractivity contribution in [2.24, 2.45) is 0 Å². The minimum atomic E-state index is 0.121. The molecule has 1 N–H and O–H groups in total. The number of alkyl halides is 1. The van der Waals surface area contributed by atoms with Crippen LogP contribution in [0.3, 0.4) is 0 Å². The highest BCUT2D eigenvalue weighted by Crippen LogP contribution is 2.25. The molecule has 0 saturated carbocycles. The van der Waals surface area contributed by atoms with Gasteiger partial charge in [-0.2, -0.15) is 5.26 Å². The van der Waals surface area contributed by atoms with Crippen molar-refractivity contribution in [3.8, 4) is 6.07 Å². The van der Waals surface area contributed by atoms with Crippen LogP contribution in [0, 0.1) is 25.2 Å². The van der Waals surface area contributed by atoms with E-state index < -0.39 is 0 Å². The van der Waals surface area contributed by atoms with Gasteiger partial charge in [0.25, 0.3) is 0 Å². The van der Waals surface area contributed by atoms with Crippen molar-refractivity contribution in [3.63, 3.8) is 0 Å². The zero-order valence-corrected chi connectivity index (χ0v) is 16.5. The second-order valence-corrected chi connectivity index (χ2v) is 6.37. The number of nitrogens with zero attached hydrogens (tertiary/aromatic N) is 1.